The number of carboxylic acids is 1. The third-order valence-electron chi connectivity index (χ3n) is 3.40. The summed E-state index contributed by atoms with van der Waals surface area (Å²) in [5, 5.41) is 15.5. The zero-order valence-electron chi connectivity index (χ0n) is 12.9. The van der Waals surface area contributed by atoms with Crippen molar-refractivity contribution in [2.45, 2.75) is 32.7 Å². The number of carbonyl (C=O) groups is 2. The zero-order chi connectivity index (χ0) is 17.0. The van der Waals surface area contributed by atoms with E-state index in [1.807, 2.05) is 0 Å². The van der Waals surface area contributed by atoms with Crippen LogP contribution in [0.15, 0.2) is 30.5 Å². The molecule has 1 atom stereocenters. The van der Waals surface area contributed by atoms with Crippen LogP contribution in [0, 0.1) is 12.7 Å². The van der Waals surface area contributed by atoms with E-state index in [0.717, 1.165) is 0 Å². The van der Waals surface area contributed by atoms with Gasteiger partial charge in [-0.05, 0) is 50.1 Å². The molecule has 2 aromatic rings. The molecule has 1 heterocycles. The molecule has 0 aliphatic rings. The zero-order valence-corrected chi connectivity index (χ0v) is 12.9. The van der Waals surface area contributed by atoms with Gasteiger partial charge in [-0.15, -0.1) is 0 Å². The van der Waals surface area contributed by atoms with E-state index in [9.17, 15) is 14.0 Å². The summed E-state index contributed by atoms with van der Waals surface area (Å²) in [6.45, 7) is 3.50. The van der Waals surface area contributed by atoms with Crippen LogP contribution < -0.4 is 5.32 Å². The molecule has 0 radical (unpaired) electrons. The summed E-state index contributed by atoms with van der Waals surface area (Å²) in [5.74, 6) is -1.60. The van der Waals surface area contributed by atoms with E-state index < -0.39 is 5.97 Å². The average molecular weight is 319 g/mol. The number of aryl methyl sites for hydroxylation is 1. The number of aliphatic carboxylic acids is 1. The van der Waals surface area contributed by atoms with Crippen molar-refractivity contribution >= 4 is 11.9 Å². The van der Waals surface area contributed by atoms with Crippen LogP contribution in [0.25, 0.3) is 5.69 Å². The number of carbonyl (C=O) groups excluding carboxylic acids is 1. The number of benzene rings is 1. The number of hydrogen-bond donors (Lipinski definition) is 2. The molecule has 122 valence electrons. The number of nitrogens with one attached hydrogen (secondary N) is 1. The molecule has 2 N–H and O–H groups in total. The molecule has 7 heteroatoms. The second-order valence-corrected chi connectivity index (χ2v) is 5.38. The summed E-state index contributed by atoms with van der Waals surface area (Å²) in [5.41, 5.74) is 1.61. The summed E-state index contributed by atoms with van der Waals surface area (Å²) < 4.78 is 14.6. The lowest BCUT2D eigenvalue weighted by atomic mass is 10.2. The Balaban J connectivity index is 2.06. The van der Waals surface area contributed by atoms with Crippen molar-refractivity contribution in [3.63, 3.8) is 0 Å². The molecule has 0 spiro atoms. The molecule has 1 unspecified atom stereocenters. The highest BCUT2D eigenvalue weighted by Gasteiger charge is 2.14. The fourth-order valence-corrected chi connectivity index (χ4v) is 2.17. The summed E-state index contributed by atoms with van der Waals surface area (Å²) in [7, 11) is 0. The van der Waals surface area contributed by atoms with E-state index in [1.54, 1.807) is 32.2 Å². The molecule has 0 bridgehead atoms. The number of amides is 1. The van der Waals surface area contributed by atoms with Gasteiger partial charge >= 0.3 is 5.97 Å². The maximum Gasteiger partial charge on any atom is 0.303 e. The van der Waals surface area contributed by atoms with Crippen molar-refractivity contribution in [2.75, 3.05) is 0 Å². The number of aromatic nitrogens is 2. The van der Waals surface area contributed by atoms with Gasteiger partial charge in [-0.3, -0.25) is 9.59 Å². The molecule has 2 rings (SSSR count). The second kappa shape index (κ2) is 7.04. The highest BCUT2D eigenvalue weighted by atomic mass is 19.1. The van der Waals surface area contributed by atoms with Gasteiger partial charge in [0.25, 0.3) is 5.91 Å². The quantitative estimate of drug-likeness (QED) is 0.855. The summed E-state index contributed by atoms with van der Waals surface area (Å²) in [6, 6.07) is 5.61. The number of hydrogen-bond acceptors (Lipinski definition) is 3. The Hall–Kier alpha value is -2.70. The molecule has 0 aliphatic heterocycles. The lowest BCUT2D eigenvalue weighted by Gasteiger charge is -2.11. The normalized spacial score (nSPS) is 12.0. The van der Waals surface area contributed by atoms with Gasteiger partial charge in [-0.1, -0.05) is 0 Å². The van der Waals surface area contributed by atoms with Gasteiger partial charge in [-0.2, -0.15) is 5.10 Å². The van der Waals surface area contributed by atoms with E-state index in [0.29, 0.717) is 17.7 Å². The highest BCUT2D eigenvalue weighted by molar-refractivity contribution is 5.92. The molecular weight excluding hydrogens is 301 g/mol. The Labute approximate surface area is 132 Å². The molecule has 0 fully saturated rings. The van der Waals surface area contributed by atoms with Crippen LogP contribution in [0.1, 0.15) is 35.8 Å². The van der Waals surface area contributed by atoms with Crippen LogP contribution in [0.2, 0.25) is 0 Å². The van der Waals surface area contributed by atoms with Crippen molar-refractivity contribution in [1.29, 1.82) is 0 Å². The van der Waals surface area contributed by atoms with Gasteiger partial charge in [0.15, 0.2) is 5.69 Å². The summed E-state index contributed by atoms with van der Waals surface area (Å²) in [6.07, 6.45) is 1.96. The maximum atomic E-state index is 13.1. The van der Waals surface area contributed by atoms with Crippen molar-refractivity contribution in [3.8, 4) is 5.69 Å². The molecule has 0 saturated carbocycles. The Morgan fingerprint density at radius 2 is 2.13 bits per heavy atom. The lowest BCUT2D eigenvalue weighted by molar-refractivity contribution is -0.137. The minimum atomic E-state index is -0.901. The Morgan fingerprint density at radius 1 is 1.39 bits per heavy atom. The van der Waals surface area contributed by atoms with E-state index in [1.165, 1.54) is 16.8 Å². The predicted octanol–water partition coefficient (Wildman–Crippen LogP) is 2.30. The third-order valence-corrected chi connectivity index (χ3v) is 3.40. The van der Waals surface area contributed by atoms with E-state index in [-0.39, 0.29) is 29.9 Å². The van der Waals surface area contributed by atoms with Gasteiger partial charge in [0.1, 0.15) is 5.82 Å². The Kier molecular flexibility index (Phi) is 5.10. The lowest BCUT2D eigenvalue weighted by Crippen LogP contribution is -2.33. The molecule has 1 amide bonds. The average Bonchev–Trinajstić information content (AvgIpc) is 2.94. The third kappa shape index (κ3) is 4.38. The predicted molar refractivity (Wildman–Crippen MR) is 82.1 cm³/mol. The van der Waals surface area contributed by atoms with E-state index in [2.05, 4.69) is 10.4 Å². The van der Waals surface area contributed by atoms with Crippen molar-refractivity contribution < 1.29 is 19.1 Å². The van der Waals surface area contributed by atoms with Crippen molar-refractivity contribution in [2.24, 2.45) is 0 Å². The minimum absolute atomic E-state index is 0.00926. The highest BCUT2D eigenvalue weighted by Crippen LogP contribution is 2.15. The topological polar surface area (TPSA) is 84.2 Å². The second-order valence-electron chi connectivity index (χ2n) is 5.38. The van der Waals surface area contributed by atoms with E-state index in [4.69, 9.17) is 5.11 Å². The van der Waals surface area contributed by atoms with Crippen LogP contribution in [-0.4, -0.2) is 32.8 Å². The van der Waals surface area contributed by atoms with Crippen LogP contribution in [0.3, 0.4) is 0 Å². The van der Waals surface area contributed by atoms with E-state index >= 15 is 0 Å². The van der Waals surface area contributed by atoms with Gasteiger partial charge < -0.3 is 10.4 Å². The number of carboxylic acid groups (broad SMARTS) is 1. The Morgan fingerprint density at radius 3 is 2.78 bits per heavy atom. The number of halogens is 1. The molecule has 1 aromatic carbocycles. The van der Waals surface area contributed by atoms with Gasteiger partial charge in [0.2, 0.25) is 0 Å². The van der Waals surface area contributed by atoms with Gasteiger partial charge in [0.05, 0.1) is 5.69 Å². The van der Waals surface area contributed by atoms with Crippen LogP contribution in [-0.2, 0) is 4.79 Å². The summed E-state index contributed by atoms with van der Waals surface area (Å²) >= 11 is 0. The Bertz CT molecular complexity index is 727. The number of rotatable bonds is 6. The van der Waals surface area contributed by atoms with Gasteiger partial charge in [0, 0.05) is 18.7 Å². The first-order valence-corrected chi connectivity index (χ1v) is 7.21. The first-order chi connectivity index (χ1) is 10.9. The fourth-order valence-electron chi connectivity index (χ4n) is 2.17. The first kappa shape index (κ1) is 16.7. The van der Waals surface area contributed by atoms with Crippen LogP contribution in [0.4, 0.5) is 4.39 Å². The van der Waals surface area contributed by atoms with Crippen molar-refractivity contribution in [3.05, 3.63) is 47.5 Å². The molecule has 0 aliphatic carbocycles. The first-order valence-electron chi connectivity index (χ1n) is 7.21. The fraction of sp³-hybridized carbons (Fsp3) is 0.312. The summed E-state index contributed by atoms with van der Waals surface area (Å²) in [4.78, 5) is 22.6. The molecular formula is C16H18FN3O3. The molecule has 6 nitrogen and oxygen atoms in total. The van der Waals surface area contributed by atoms with Crippen LogP contribution in [0.5, 0.6) is 0 Å². The van der Waals surface area contributed by atoms with Crippen molar-refractivity contribution in [1.82, 2.24) is 15.1 Å². The SMILES string of the molecule is Cc1cc(F)ccc1-n1ccc(C(=O)NC(C)CCC(=O)O)n1. The maximum absolute atomic E-state index is 13.1. The standard InChI is InChI=1S/C16H18FN3O3/c1-10-9-12(17)4-5-14(10)20-8-7-13(19-20)16(23)18-11(2)3-6-15(21)22/h4-5,7-9,11H,3,6H2,1-2H3,(H,18,23)(H,21,22). The molecule has 23 heavy (non-hydrogen) atoms. The smallest absolute Gasteiger partial charge is 0.303 e. The number of nitrogens with zero attached hydrogens (tertiary/aromatic N) is 2. The monoisotopic (exact) mass is 319 g/mol. The van der Waals surface area contributed by atoms with Gasteiger partial charge in [-0.25, -0.2) is 9.07 Å². The molecule has 1 aromatic heterocycles. The molecule has 0 saturated heterocycles. The van der Waals surface area contributed by atoms with Crippen LogP contribution >= 0.6 is 0 Å². The minimum Gasteiger partial charge on any atom is -0.481 e. The largest absolute Gasteiger partial charge is 0.481 e.